The van der Waals surface area contributed by atoms with Crippen LogP contribution >= 0.6 is 0 Å². The molecule has 3 nitrogen and oxygen atoms in total. The Morgan fingerprint density at radius 1 is 1.15 bits per heavy atom. The molecule has 118 valence electrons. The van der Waals surface area contributed by atoms with E-state index < -0.39 is 17.7 Å². The highest BCUT2D eigenvalue weighted by molar-refractivity contribution is 5.78. The Morgan fingerprint density at radius 2 is 1.65 bits per heavy atom. The fraction of sp³-hybridized carbons (Fsp3) is 0.929. The second-order valence-electron chi connectivity index (χ2n) is 5.74. The molecule has 1 saturated carbocycles. The van der Waals surface area contributed by atoms with Crippen LogP contribution in [-0.2, 0) is 4.79 Å². The third-order valence-electron chi connectivity index (χ3n) is 4.47. The van der Waals surface area contributed by atoms with Crippen molar-refractivity contribution in [3.05, 3.63) is 0 Å². The minimum absolute atomic E-state index is 0.0212. The Morgan fingerprint density at radius 3 is 2.05 bits per heavy atom. The molecular weight excluding hydrogens is 271 g/mol. The minimum atomic E-state index is -4.15. The van der Waals surface area contributed by atoms with Crippen LogP contribution in [0.4, 0.5) is 13.2 Å². The molecule has 1 aliphatic carbocycles. The fourth-order valence-corrected chi connectivity index (χ4v) is 2.58. The number of halogens is 3. The van der Waals surface area contributed by atoms with Crippen molar-refractivity contribution in [2.24, 2.45) is 11.8 Å². The molecular formula is C14H24F3NO2. The molecule has 0 saturated heterocycles. The van der Waals surface area contributed by atoms with Gasteiger partial charge in [-0.25, -0.2) is 0 Å². The van der Waals surface area contributed by atoms with Crippen molar-refractivity contribution >= 4 is 5.91 Å². The molecule has 6 heteroatoms. The Bertz CT molecular complexity index is 319. The van der Waals surface area contributed by atoms with Crippen molar-refractivity contribution in [3.8, 4) is 0 Å². The predicted molar refractivity (Wildman–Crippen MR) is 70.0 cm³/mol. The number of hydrogen-bond donors (Lipinski definition) is 2. The largest absolute Gasteiger partial charge is 0.391 e. The first-order valence-electron chi connectivity index (χ1n) is 7.28. The van der Waals surface area contributed by atoms with Gasteiger partial charge in [-0.3, -0.25) is 4.79 Å². The Kier molecular flexibility index (Phi) is 5.86. The number of alkyl halides is 3. The molecule has 0 heterocycles. The van der Waals surface area contributed by atoms with Gasteiger partial charge in [0.1, 0.15) is 0 Å². The van der Waals surface area contributed by atoms with Crippen LogP contribution in [0.2, 0.25) is 0 Å². The van der Waals surface area contributed by atoms with Gasteiger partial charge >= 0.3 is 6.18 Å². The van der Waals surface area contributed by atoms with E-state index in [9.17, 15) is 23.1 Å². The van der Waals surface area contributed by atoms with E-state index in [1.807, 2.05) is 13.8 Å². The van der Waals surface area contributed by atoms with E-state index in [1.165, 1.54) is 0 Å². The van der Waals surface area contributed by atoms with Gasteiger partial charge in [-0.15, -0.1) is 0 Å². The molecule has 1 amide bonds. The lowest BCUT2D eigenvalue weighted by atomic mass is 9.81. The summed E-state index contributed by atoms with van der Waals surface area (Å²) in [4.78, 5) is 11.9. The number of nitrogens with one attached hydrogen (secondary N) is 1. The highest BCUT2D eigenvalue weighted by Crippen LogP contribution is 2.39. The third-order valence-corrected chi connectivity index (χ3v) is 4.47. The van der Waals surface area contributed by atoms with E-state index in [-0.39, 0.29) is 44.1 Å². The van der Waals surface area contributed by atoms with Gasteiger partial charge in [0.05, 0.1) is 11.5 Å². The Hall–Kier alpha value is -0.780. The quantitative estimate of drug-likeness (QED) is 0.819. The molecule has 1 rings (SSSR count). The maximum Gasteiger partial charge on any atom is 0.391 e. The van der Waals surface area contributed by atoms with Crippen molar-refractivity contribution in [3.63, 3.8) is 0 Å². The van der Waals surface area contributed by atoms with E-state index in [1.54, 1.807) is 0 Å². The first-order chi connectivity index (χ1) is 9.22. The van der Waals surface area contributed by atoms with E-state index in [0.717, 1.165) is 0 Å². The van der Waals surface area contributed by atoms with Crippen molar-refractivity contribution in [2.75, 3.05) is 6.54 Å². The highest BCUT2D eigenvalue weighted by Gasteiger charge is 2.42. The molecule has 0 aliphatic heterocycles. The van der Waals surface area contributed by atoms with Crippen LogP contribution in [0.25, 0.3) is 0 Å². The van der Waals surface area contributed by atoms with Gasteiger partial charge in [-0.05, 0) is 38.5 Å². The fourth-order valence-electron chi connectivity index (χ4n) is 2.58. The summed E-state index contributed by atoms with van der Waals surface area (Å²) in [5.41, 5.74) is -0.918. The molecule has 0 spiro atoms. The number of carbonyl (C=O) groups excluding carboxylic acids is 1. The summed E-state index contributed by atoms with van der Waals surface area (Å²) >= 11 is 0. The zero-order valence-electron chi connectivity index (χ0n) is 12.1. The monoisotopic (exact) mass is 295 g/mol. The summed E-state index contributed by atoms with van der Waals surface area (Å²) in [6, 6.07) is 0. The van der Waals surface area contributed by atoms with Crippen LogP contribution < -0.4 is 5.32 Å². The SMILES string of the molecule is CCC(O)(CC)CNC(=O)C1CCC(C(F)(F)F)CC1. The van der Waals surface area contributed by atoms with E-state index >= 15 is 0 Å². The summed E-state index contributed by atoms with van der Waals surface area (Å²) in [6.07, 6.45) is -2.50. The van der Waals surface area contributed by atoms with Gasteiger partial charge < -0.3 is 10.4 Å². The molecule has 0 bridgehead atoms. The van der Waals surface area contributed by atoms with Crippen molar-refractivity contribution in [1.82, 2.24) is 5.32 Å². The van der Waals surface area contributed by atoms with Crippen LogP contribution in [0.5, 0.6) is 0 Å². The maximum absolute atomic E-state index is 12.5. The molecule has 1 aliphatic rings. The standard InChI is InChI=1S/C14H24F3NO2/c1-3-13(20,4-2)9-18-12(19)10-5-7-11(8-6-10)14(15,16)17/h10-11,20H,3-9H2,1-2H3,(H,18,19). The van der Waals surface area contributed by atoms with Crippen LogP contribution in [-0.4, -0.2) is 29.3 Å². The molecule has 0 atom stereocenters. The maximum atomic E-state index is 12.5. The first kappa shape index (κ1) is 17.3. The van der Waals surface area contributed by atoms with Crippen LogP contribution in [0.3, 0.4) is 0 Å². The summed E-state index contributed by atoms with van der Waals surface area (Å²) in [6.45, 7) is 3.84. The Balaban J connectivity index is 2.40. The molecule has 0 aromatic rings. The van der Waals surface area contributed by atoms with Crippen molar-refractivity contribution < 1.29 is 23.1 Å². The van der Waals surface area contributed by atoms with Crippen LogP contribution in [0.15, 0.2) is 0 Å². The lowest BCUT2D eigenvalue weighted by Gasteiger charge is -2.30. The summed E-state index contributed by atoms with van der Waals surface area (Å²) in [5.74, 6) is -1.85. The van der Waals surface area contributed by atoms with Gasteiger partial charge in [0.2, 0.25) is 5.91 Å². The topological polar surface area (TPSA) is 49.3 Å². The van der Waals surface area contributed by atoms with Crippen LogP contribution in [0.1, 0.15) is 52.4 Å². The van der Waals surface area contributed by atoms with Gasteiger partial charge in [-0.1, -0.05) is 13.8 Å². The number of rotatable bonds is 5. The lowest BCUT2D eigenvalue weighted by Crippen LogP contribution is -2.44. The molecule has 20 heavy (non-hydrogen) atoms. The second-order valence-corrected chi connectivity index (χ2v) is 5.74. The average molecular weight is 295 g/mol. The van der Waals surface area contributed by atoms with Gasteiger partial charge in [0.25, 0.3) is 0 Å². The summed E-state index contributed by atoms with van der Waals surface area (Å²) in [5, 5.41) is 12.7. The van der Waals surface area contributed by atoms with E-state index in [0.29, 0.717) is 12.8 Å². The molecule has 0 radical (unpaired) electrons. The van der Waals surface area contributed by atoms with Crippen molar-refractivity contribution in [2.45, 2.75) is 64.1 Å². The molecule has 0 aromatic heterocycles. The van der Waals surface area contributed by atoms with Crippen LogP contribution in [0, 0.1) is 11.8 Å². The molecule has 1 fully saturated rings. The predicted octanol–water partition coefficient (Wildman–Crippen LogP) is 3.02. The van der Waals surface area contributed by atoms with Crippen molar-refractivity contribution in [1.29, 1.82) is 0 Å². The zero-order chi connectivity index (χ0) is 15.4. The number of carbonyl (C=O) groups is 1. The first-order valence-corrected chi connectivity index (χ1v) is 7.28. The second kappa shape index (κ2) is 6.78. The Labute approximate surface area is 117 Å². The van der Waals surface area contributed by atoms with Gasteiger partial charge in [0.15, 0.2) is 0 Å². The normalized spacial score (nSPS) is 24.5. The van der Waals surface area contributed by atoms with Gasteiger partial charge in [-0.2, -0.15) is 13.2 Å². The number of amides is 1. The minimum Gasteiger partial charge on any atom is -0.388 e. The summed E-state index contributed by atoms with van der Waals surface area (Å²) < 4.78 is 37.6. The molecule has 2 N–H and O–H groups in total. The molecule has 0 unspecified atom stereocenters. The third kappa shape index (κ3) is 4.65. The van der Waals surface area contributed by atoms with E-state index in [4.69, 9.17) is 0 Å². The zero-order valence-corrected chi connectivity index (χ0v) is 12.1. The average Bonchev–Trinajstić information content (AvgIpc) is 2.43. The lowest BCUT2D eigenvalue weighted by molar-refractivity contribution is -0.184. The number of aliphatic hydroxyl groups is 1. The van der Waals surface area contributed by atoms with E-state index in [2.05, 4.69) is 5.32 Å². The number of hydrogen-bond acceptors (Lipinski definition) is 2. The molecule has 0 aromatic carbocycles. The highest BCUT2D eigenvalue weighted by atomic mass is 19.4. The summed E-state index contributed by atoms with van der Waals surface area (Å²) in [7, 11) is 0. The van der Waals surface area contributed by atoms with Gasteiger partial charge in [0, 0.05) is 12.5 Å². The smallest absolute Gasteiger partial charge is 0.388 e.